The molecule has 2 aromatic heterocycles. The average molecular weight is 380 g/mol. The molecule has 0 bridgehead atoms. The average Bonchev–Trinajstić information content (AvgIpc) is 3.23. The Morgan fingerprint density at radius 1 is 1.24 bits per heavy atom. The molecular formula is C17H17FN2O3S2. The number of nitrogens with one attached hydrogen (secondary N) is 1. The number of oxazole rings is 1. The molecule has 1 N–H and O–H groups in total. The Morgan fingerprint density at radius 3 is 2.56 bits per heavy atom. The lowest BCUT2D eigenvalue weighted by molar-refractivity contribution is 0.568. The molecule has 5 nitrogen and oxygen atoms in total. The molecule has 2 heterocycles. The van der Waals surface area contributed by atoms with E-state index in [1.807, 2.05) is 25.3 Å². The third kappa shape index (κ3) is 3.74. The van der Waals surface area contributed by atoms with E-state index in [1.165, 1.54) is 23.5 Å². The summed E-state index contributed by atoms with van der Waals surface area (Å²) in [5.41, 5.74) is 0. The van der Waals surface area contributed by atoms with Crippen molar-refractivity contribution in [2.75, 3.05) is 11.9 Å². The summed E-state index contributed by atoms with van der Waals surface area (Å²) in [6.45, 7) is 4.53. The molecule has 0 radical (unpaired) electrons. The fourth-order valence-corrected chi connectivity index (χ4v) is 4.06. The number of anilines is 1. The Hall–Kier alpha value is -2.19. The van der Waals surface area contributed by atoms with E-state index in [4.69, 9.17) is 4.42 Å². The number of benzene rings is 1. The highest BCUT2D eigenvalue weighted by Gasteiger charge is 2.28. The molecule has 0 aliphatic rings. The number of rotatable bonds is 6. The fourth-order valence-electron chi connectivity index (χ4n) is 2.13. The van der Waals surface area contributed by atoms with E-state index in [0.717, 1.165) is 17.0 Å². The zero-order chi connectivity index (χ0) is 18.0. The normalized spacial score (nSPS) is 11.8. The van der Waals surface area contributed by atoms with E-state index in [2.05, 4.69) is 10.3 Å². The van der Waals surface area contributed by atoms with Gasteiger partial charge in [-0.05, 0) is 41.6 Å². The SMILES string of the molecule is CC(C)CNc1oc(-c2cccs2)nc1S(=O)(=O)c1ccc(F)cc1. The molecule has 3 aromatic rings. The first-order valence-corrected chi connectivity index (χ1v) is 10.0. The van der Waals surface area contributed by atoms with Crippen molar-refractivity contribution >= 4 is 27.1 Å². The summed E-state index contributed by atoms with van der Waals surface area (Å²) < 4.78 is 44.6. The summed E-state index contributed by atoms with van der Waals surface area (Å²) in [5, 5.41) is 4.67. The van der Waals surface area contributed by atoms with Crippen LogP contribution in [0, 0.1) is 11.7 Å². The summed E-state index contributed by atoms with van der Waals surface area (Å²) in [6.07, 6.45) is 0. The van der Waals surface area contributed by atoms with Crippen LogP contribution < -0.4 is 5.32 Å². The highest BCUT2D eigenvalue weighted by atomic mass is 32.2. The lowest BCUT2D eigenvalue weighted by atomic mass is 10.2. The van der Waals surface area contributed by atoms with Gasteiger partial charge in [-0.2, -0.15) is 4.98 Å². The predicted octanol–water partition coefficient (Wildman–Crippen LogP) is 4.44. The third-order valence-electron chi connectivity index (χ3n) is 3.38. The van der Waals surface area contributed by atoms with Crippen molar-refractivity contribution in [3.63, 3.8) is 0 Å². The van der Waals surface area contributed by atoms with Gasteiger partial charge in [-0.15, -0.1) is 11.3 Å². The minimum atomic E-state index is -3.93. The van der Waals surface area contributed by atoms with Gasteiger partial charge in [-0.3, -0.25) is 0 Å². The zero-order valence-corrected chi connectivity index (χ0v) is 15.3. The topological polar surface area (TPSA) is 72.2 Å². The van der Waals surface area contributed by atoms with Crippen LogP contribution in [0.4, 0.5) is 10.3 Å². The summed E-state index contributed by atoms with van der Waals surface area (Å²) >= 11 is 1.40. The molecule has 0 atom stereocenters. The molecule has 0 aliphatic heterocycles. The number of thiophene rings is 1. The summed E-state index contributed by atoms with van der Waals surface area (Å²) in [6, 6.07) is 8.28. The zero-order valence-electron chi connectivity index (χ0n) is 13.7. The van der Waals surface area contributed by atoms with Gasteiger partial charge in [-0.25, -0.2) is 12.8 Å². The van der Waals surface area contributed by atoms with Gasteiger partial charge in [0.1, 0.15) is 5.82 Å². The lowest BCUT2D eigenvalue weighted by Gasteiger charge is -2.08. The van der Waals surface area contributed by atoms with E-state index in [9.17, 15) is 12.8 Å². The van der Waals surface area contributed by atoms with Crippen molar-refractivity contribution in [1.82, 2.24) is 4.98 Å². The molecule has 0 amide bonds. The summed E-state index contributed by atoms with van der Waals surface area (Å²) in [4.78, 5) is 4.90. The number of aromatic nitrogens is 1. The maximum Gasteiger partial charge on any atom is 0.240 e. The molecule has 3 rings (SSSR count). The van der Waals surface area contributed by atoms with E-state index >= 15 is 0 Å². The molecule has 0 aliphatic carbocycles. The van der Waals surface area contributed by atoms with Crippen LogP contribution in [0.2, 0.25) is 0 Å². The Labute approximate surface area is 149 Å². The van der Waals surface area contributed by atoms with E-state index in [-0.39, 0.29) is 27.6 Å². The van der Waals surface area contributed by atoms with Crippen LogP contribution in [0.1, 0.15) is 13.8 Å². The Bertz CT molecular complexity index is 946. The second kappa shape index (κ2) is 6.97. The van der Waals surface area contributed by atoms with Crippen LogP contribution >= 0.6 is 11.3 Å². The molecule has 0 saturated carbocycles. The smallest absolute Gasteiger partial charge is 0.240 e. The molecule has 0 saturated heterocycles. The van der Waals surface area contributed by atoms with Crippen LogP contribution in [-0.2, 0) is 9.84 Å². The molecule has 132 valence electrons. The van der Waals surface area contributed by atoms with Crippen molar-refractivity contribution in [2.24, 2.45) is 5.92 Å². The number of hydrogen-bond donors (Lipinski definition) is 1. The highest BCUT2D eigenvalue weighted by molar-refractivity contribution is 7.91. The maximum absolute atomic E-state index is 13.1. The maximum atomic E-state index is 13.1. The van der Waals surface area contributed by atoms with Gasteiger partial charge in [0.25, 0.3) is 0 Å². The van der Waals surface area contributed by atoms with Gasteiger partial charge < -0.3 is 9.73 Å². The van der Waals surface area contributed by atoms with Crippen LogP contribution in [0.5, 0.6) is 0 Å². The van der Waals surface area contributed by atoms with Gasteiger partial charge in [0.15, 0.2) is 0 Å². The van der Waals surface area contributed by atoms with Gasteiger partial charge in [0, 0.05) is 6.54 Å². The second-order valence-corrected chi connectivity index (χ2v) is 8.68. The van der Waals surface area contributed by atoms with Gasteiger partial charge in [0.05, 0.1) is 9.77 Å². The fraction of sp³-hybridized carbons (Fsp3) is 0.235. The molecule has 0 unspecified atom stereocenters. The van der Waals surface area contributed by atoms with Crippen molar-refractivity contribution in [3.05, 3.63) is 47.6 Å². The summed E-state index contributed by atoms with van der Waals surface area (Å²) in [5.74, 6) is 0.122. The Balaban J connectivity index is 2.07. The molecule has 8 heteroatoms. The minimum absolute atomic E-state index is 0.0347. The van der Waals surface area contributed by atoms with Crippen LogP contribution in [0.15, 0.2) is 56.1 Å². The van der Waals surface area contributed by atoms with Gasteiger partial charge in [-0.1, -0.05) is 19.9 Å². The molecule has 1 aromatic carbocycles. The molecule has 0 fully saturated rings. The number of sulfone groups is 1. The van der Waals surface area contributed by atoms with E-state index in [0.29, 0.717) is 6.54 Å². The number of halogens is 1. The monoisotopic (exact) mass is 380 g/mol. The first-order chi connectivity index (χ1) is 11.9. The number of nitrogens with zero attached hydrogens (tertiary/aromatic N) is 1. The lowest BCUT2D eigenvalue weighted by Crippen LogP contribution is -2.11. The minimum Gasteiger partial charge on any atom is -0.418 e. The van der Waals surface area contributed by atoms with Crippen molar-refractivity contribution in [3.8, 4) is 10.8 Å². The standard InChI is InChI=1S/C17H17FN2O3S2/c1-11(2)10-19-16-17(20-15(23-16)14-4-3-9-24-14)25(21,22)13-7-5-12(18)6-8-13/h3-9,11,19H,10H2,1-2H3. The van der Waals surface area contributed by atoms with Crippen LogP contribution in [0.3, 0.4) is 0 Å². The van der Waals surface area contributed by atoms with Gasteiger partial charge >= 0.3 is 0 Å². The second-order valence-electron chi connectivity index (χ2n) is 5.86. The third-order valence-corrected chi connectivity index (χ3v) is 5.91. The predicted molar refractivity (Wildman–Crippen MR) is 95.0 cm³/mol. The van der Waals surface area contributed by atoms with Crippen molar-refractivity contribution < 1.29 is 17.2 Å². The highest BCUT2D eigenvalue weighted by Crippen LogP contribution is 2.34. The molecular weight excluding hydrogens is 363 g/mol. The van der Waals surface area contributed by atoms with Crippen LogP contribution in [-0.4, -0.2) is 19.9 Å². The first-order valence-electron chi connectivity index (χ1n) is 7.67. The Kier molecular flexibility index (Phi) is 4.91. The quantitative estimate of drug-likeness (QED) is 0.640. The Morgan fingerprint density at radius 2 is 1.96 bits per heavy atom. The van der Waals surface area contributed by atoms with Crippen molar-refractivity contribution in [2.45, 2.75) is 23.8 Å². The first kappa shape index (κ1) is 17.6. The van der Waals surface area contributed by atoms with E-state index in [1.54, 1.807) is 6.07 Å². The van der Waals surface area contributed by atoms with Gasteiger partial charge in [0.2, 0.25) is 26.6 Å². The largest absolute Gasteiger partial charge is 0.418 e. The number of hydrogen-bond acceptors (Lipinski definition) is 6. The van der Waals surface area contributed by atoms with Crippen LogP contribution in [0.25, 0.3) is 10.8 Å². The van der Waals surface area contributed by atoms with Crippen molar-refractivity contribution in [1.29, 1.82) is 0 Å². The summed E-state index contributed by atoms with van der Waals surface area (Å²) in [7, 11) is -3.93. The molecule has 25 heavy (non-hydrogen) atoms. The van der Waals surface area contributed by atoms with E-state index < -0.39 is 15.7 Å². The molecule has 0 spiro atoms.